The minimum absolute atomic E-state index is 0.120. The molecule has 0 unspecified atom stereocenters. The predicted molar refractivity (Wildman–Crippen MR) is 113 cm³/mol. The van der Waals surface area contributed by atoms with Crippen LogP contribution in [0, 0.1) is 13.8 Å². The number of methoxy groups -OCH3 is 1. The van der Waals surface area contributed by atoms with Gasteiger partial charge in [0, 0.05) is 11.1 Å². The maximum atomic E-state index is 12.9. The molecule has 2 N–H and O–H groups in total. The highest BCUT2D eigenvalue weighted by Crippen LogP contribution is 2.36. The number of nitrogens with zero attached hydrogens (tertiary/aromatic N) is 1. The van der Waals surface area contributed by atoms with E-state index in [0.29, 0.717) is 27.8 Å². The van der Waals surface area contributed by atoms with Crippen molar-refractivity contribution in [2.24, 2.45) is 0 Å². The Balaban J connectivity index is 1.93. The van der Waals surface area contributed by atoms with Crippen LogP contribution in [0.15, 0.2) is 48.7 Å². The van der Waals surface area contributed by atoms with Gasteiger partial charge in [-0.1, -0.05) is 17.7 Å². The minimum atomic E-state index is -1.15. The van der Waals surface area contributed by atoms with Gasteiger partial charge in [-0.25, -0.2) is 9.78 Å². The average molecular weight is 427 g/mol. The third-order valence-electron chi connectivity index (χ3n) is 4.28. The first-order chi connectivity index (χ1) is 14.3. The predicted octanol–water partition coefficient (Wildman–Crippen LogP) is 5.10. The number of hydrogen-bond acceptors (Lipinski definition) is 5. The molecule has 0 aliphatic rings. The van der Waals surface area contributed by atoms with Gasteiger partial charge in [0.2, 0.25) is 0 Å². The first-order valence-electron chi connectivity index (χ1n) is 8.92. The fourth-order valence-corrected chi connectivity index (χ4v) is 2.85. The molecular formula is C22H19ClN2O5. The summed E-state index contributed by atoms with van der Waals surface area (Å²) in [5.74, 6) is -0.402. The lowest BCUT2D eigenvalue weighted by molar-refractivity contribution is 0.0690. The van der Waals surface area contributed by atoms with Crippen LogP contribution in [-0.2, 0) is 0 Å². The highest BCUT2D eigenvalue weighted by molar-refractivity contribution is 6.31. The zero-order valence-electron chi connectivity index (χ0n) is 16.5. The Morgan fingerprint density at radius 2 is 1.80 bits per heavy atom. The molecule has 1 amide bonds. The highest BCUT2D eigenvalue weighted by Gasteiger charge is 2.18. The van der Waals surface area contributed by atoms with Crippen LogP contribution in [-0.4, -0.2) is 29.1 Å². The molecule has 3 aromatic rings. The van der Waals surface area contributed by atoms with Crippen molar-refractivity contribution in [3.63, 3.8) is 0 Å². The summed E-state index contributed by atoms with van der Waals surface area (Å²) in [6.07, 6.45) is 1.27. The van der Waals surface area contributed by atoms with Crippen LogP contribution in [0.5, 0.6) is 17.2 Å². The second-order valence-corrected chi connectivity index (χ2v) is 6.95. The number of carboxylic acid groups (broad SMARTS) is 1. The molecule has 0 aliphatic heterocycles. The van der Waals surface area contributed by atoms with E-state index in [0.717, 1.165) is 5.56 Å². The molecule has 8 heteroatoms. The molecule has 30 heavy (non-hydrogen) atoms. The molecule has 2 aromatic carbocycles. The normalized spacial score (nSPS) is 10.4. The summed E-state index contributed by atoms with van der Waals surface area (Å²) in [6.45, 7) is 3.70. The van der Waals surface area contributed by atoms with Crippen LogP contribution in [0.1, 0.15) is 32.0 Å². The molecule has 3 rings (SSSR count). The molecule has 0 aliphatic carbocycles. The summed E-state index contributed by atoms with van der Waals surface area (Å²) in [6, 6.07) is 11.4. The number of carboxylic acids is 1. The van der Waals surface area contributed by atoms with Crippen LogP contribution in [0.25, 0.3) is 0 Å². The molecular weight excluding hydrogens is 408 g/mol. The van der Waals surface area contributed by atoms with Gasteiger partial charge in [-0.3, -0.25) is 4.79 Å². The highest BCUT2D eigenvalue weighted by atomic mass is 35.5. The zero-order chi connectivity index (χ0) is 21.8. The van der Waals surface area contributed by atoms with Gasteiger partial charge >= 0.3 is 5.97 Å². The summed E-state index contributed by atoms with van der Waals surface area (Å²) in [7, 11) is 1.53. The molecule has 1 heterocycles. The van der Waals surface area contributed by atoms with Crippen LogP contribution in [0.4, 0.5) is 5.69 Å². The SMILES string of the molecule is COc1cc(C)ccc1Oc1cc(Cl)c(C)cc1C(=O)Nc1ccc(C(=O)O)nc1. The number of pyridine rings is 1. The maximum absolute atomic E-state index is 12.9. The van der Waals surface area contributed by atoms with Crippen molar-refractivity contribution in [2.45, 2.75) is 13.8 Å². The third kappa shape index (κ3) is 4.69. The molecule has 1 aromatic heterocycles. The van der Waals surface area contributed by atoms with E-state index in [-0.39, 0.29) is 17.0 Å². The fraction of sp³-hybridized carbons (Fsp3) is 0.136. The molecule has 154 valence electrons. The van der Waals surface area contributed by atoms with Crippen molar-refractivity contribution in [3.8, 4) is 17.2 Å². The van der Waals surface area contributed by atoms with Crippen LogP contribution >= 0.6 is 11.6 Å². The Morgan fingerprint density at radius 1 is 1.03 bits per heavy atom. The number of halogens is 1. The topological polar surface area (TPSA) is 97.8 Å². The molecule has 0 fully saturated rings. The number of nitrogens with one attached hydrogen (secondary N) is 1. The lowest BCUT2D eigenvalue weighted by Crippen LogP contribution is -2.14. The standard InChI is InChI=1S/C22H19ClN2O5/c1-12-4-7-18(20(8-12)29-3)30-19-10-16(23)13(2)9-15(19)21(26)25-14-5-6-17(22(27)28)24-11-14/h4-11H,1-3H3,(H,25,26)(H,27,28). The lowest BCUT2D eigenvalue weighted by atomic mass is 10.1. The van der Waals surface area contributed by atoms with Gasteiger partial charge in [-0.2, -0.15) is 0 Å². The van der Waals surface area contributed by atoms with E-state index in [1.165, 1.54) is 25.4 Å². The Hall–Kier alpha value is -3.58. The van der Waals surface area contributed by atoms with Crippen LogP contribution in [0.3, 0.4) is 0 Å². The second-order valence-electron chi connectivity index (χ2n) is 6.55. The summed E-state index contributed by atoms with van der Waals surface area (Å²) in [5, 5.41) is 12.1. The Bertz CT molecular complexity index is 1110. The molecule has 0 bridgehead atoms. The Labute approximate surface area is 178 Å². The zero-order valence-corrected chi connectivity index (χ0v) is 17.3. The molecule has 0 saturated heterocycles. The number of ether oxygens (including phenoxy) is 2. The number of carbonyl (C=O) groups excluding carboxylic acids is 1. The smallest absolute Gasteiger partial charge is 0.354 e. The van der Waals surface area contributed by atoms with E-state index < -0.39 is 11.9 Å². The third-order valence-corrected chi connectivity index (χ3v) is 4.69. The van der Waals surface area contributed by atoms with E-state index in [1.807, 2.05) is 19.1 Å². The van der Waals surface area contributed by atoms with Crippen LogP contribution < -0.4 is 14.8 Å². The van der Waals surface area contributed by atoms with Gasteiger partial charge in [0.25, 0.3) is 5.91 Å². The van der Waals surface area contributed by atoms with Crippen molar-refractivity contribution < 1.29 is 24.2 Å². The van der Waals surface area contributed by atoms with E-state index in [1.54, 1.807) is 25.1 Å². The monoisotopic (exact) mass is 426 g/mol. The van der Waals surface area contributed by atoms with E-state index >= 15 is 0 Å². The second kappa shape index (κ2) is 8.84. The number of aryl methyl sites for hydroxylation is 2. The summed E-state index contributed by atoms with van der Waals surface area (Å²) in [4.78, 5) is 27.6. The number of anilines is 1. The fourth-order valence-electron chi connectivity index (χ4n) is 2.70. The van der Waals surface area contributed by atoms with Crippen molar-refractivity contribution in [3.05, 3.63) is 76.1 Å². The van der Waals surface area contributed by atoms with Crippen molar-refractivity contribution in [1.82, 2.24) is 4.98 Å². The number of benzene rings is 2. The Morgan fingerprint density at radius 3 is 2.43 bits per heavy atom. The molecule has 0 atom stereocenters. The number of carbonyl (C=O) groups is 2. The lowest BCUT2D eigenvalue weighted by Gasteiger charge is -2.15. The molecule has 7 nitrogen and oxygen atoms in total. The van der Waals surface area contributed by atoms with Gasteiger partial charge < -0.3 is 19.9 Å². The first-order valence-corrected chi connectivity index (χ1v) is 9.29. The van der Waals surface area contributed by atoms with E-state index in [2.05, 4.69) is 10.3 Å². The summed E-state index contributed by atoms with van der Waals surface area (Å²) >= 11 is 6.25. The van der Waals surface area contributed by atoms with Gasteiger partial charge in [0.15, 0.2) is 11.5 Å². The van der Waals surface area contributed by atoms with Gasteiger partial charge in [0.1, 0.15) is 11.4 Å². The maximum Gasteiger partial charge on any atom is 0.354 e. The largest absolute Gasteiger partial charge is 0.493 e. The summed E-state index contributed by atoms with van der Waals surface area (Å²) < 4.78 is 11.3. The van der Waals surface area contributed by atoms with Crippen molar-refractivity contribution in [1.29, 1.82) is 0 Å². The van der Waals surface area contributed by atoms with Crippen molar-refractivity contribution >= 4 is 29.2 Å². The molecule has 0 saturated carbocycles. The first kappa shape index (κ1) is 21.1. The van der Waals surface area contributed by atoms with Crippen molar-refractivity contribution in [2.75, 3.05) is 12.4 Å². The summed E-state index contributed by atoms with van der Waals surface area (Å²) in [5.41, 5.74) is 2.17. The van der Waals surface area contributed by atoms with Gasteiger partial charge in [-0.15, -0.1) is 0 Å². The van der Waals surface area contributed by atoms with E-state index in [4.69, 9.17) is 26.2 Å². The number of rotatable bonds is 6. The number of aromatic carboxylic acids is 1. The van der Waals surface area contributed by atoms with Crippen LogP contribution in [0.2, 0.25) is 5.02 Å². The molecule has 0 radical (unpaired) electrons. The Kier molecular flexibility index (Phi) is 6.23. The quantitative estimate of drug-likeness (QED) is 0.568. The number of aromatic nitrogens is 1. The number of amides is 1. The minimum Gasteiger partial charge on any atom is -0.493 e. The van der Waals surface area contributed by atoms with E-state index in [9.17, 15) is 9.59 Å². The van der Waals surface area contributed by atoms with Gasteiger partial charge in [-0.05, 0) is 55.3 Å². The molecule has 0 spiro atoms. The number of hydrogen-bond donors (Lipinski definition) is 2. The average Bonchev–Trinajstić information content (AvgIpc) is 2.72. The van der Waals surface area contributed by atoms with Gasteiger partial charge in [0.05, 0.1) is 24.6 Å².